The number of rotatable bonds is 7. The Kier molecular flexibility index (Phi) is 7.07. The highest BCUT2D eigenvalue weighted by Gasteiger charge is 2.20. The fourth-order valence-corrected chi connectivity index (χ4v) is 1.07. The normalized spacial score (nSPS) is 13.2. The summed E-state index contributed by atoms with van der Waals surface area (Å²) in [4.78, 5) is 11.6. The van der Waals surface area contributed by atoms with Crippen LogP contribution in [0, 0.1) is 0 Å². The quantitative estimate of drug-likeness (QED) is 0.421. The predicted octanol–water partition coefficient (Wildman–Crippen LogP) is 1.90. The molecule has 1 N–H and O–H groups in total. The van der Waals surface area contributed by atoms with E-state index in [2.05, 4.69) is 11.9 Å². The Morgan fingerprint density at radius 1 is 1.41 bits per heavy atom. The van der Waals surface area contributed by atoms with Crippen molar-refractivity contribution in [3.63, 3.8) is 0 Å². The number of ether oxygens (including phenoxy) is 2. The summed E-state index contributed by atoms with van der Waals surface area (Å²) in [5.41, 5.74) is 0.550. The van der Waals surface area contributed by atoms with Crippen molar-refractivity contribution < 1.29 is 14.3 Å². The van der Waals surface area contributed by atoms with Gasteiger partial charge < -0.3 is 14.8 Å². The SMILES string of the molecule is C=C(C)COCCNC(C)C(=O)OC(C)(C)C. The van der Waals surface area contributed by atoms with Gasteiger partial charge in [0.15, 0.2) is 0 Å². The van der Waals surface area contributed by atoms with Gasteiger partial charge in [-0.2, -0.15) is 0 Å². The van der Waals surface area contributed by atoms with Crippen molar-refractivity contribution in [2.45, 2.75) is 46.3 Å². The van der Waals surface area contributed by atoms with Crippen LogP contribution in [0.5, 0.6) is 0 Å². The molecule has 0 aromatic rings. The molecule has 0 aliphatic heterocycles. The van der Waals surface area contributed by atoms with Crippen LogP contribution in [0.15, 0.2) is 12.2 Å². The van der Waals surface area contributed by atoms with Crippen molar-refractivity contribution in [2.24, 2.45) is 0 Å². The summed E-state index contributed by atoms with van der Waals surface area (Å²) < 4.78 is 10.6. The number of carbonyl (C=O) groups excluding carboxylic acids is 1. The summed E-state index contributed by atoms with van der Waals surface area (Å²) in [6.07, 6.45) is 0. The Bertz CT molecular complexity index is 256. The maximum absolute atomic E-state index is 11.6. The van der Waals surface area contributed by atoms with Crippen LogP contribution >= 0.6 is 0 Å². The lowest BCUT2D eigenvalue weighted by Crippen LogP contribution is -2.40. The fraction of sp³-hybridized carbons (Fsp3) is 0.769. The number of hydrogen-bond donors (Lipinski definition) is 1. The molecule has 0 rings (SSSR count). The Morgan fingerprint density at radius 2 is 2.00 bits per heavy atom. The zero-order valence-electron chi connectivity index (χ0n) is 11.6. The number of carbonyl (C=O) groups is 1. The van der Waals surface area contributed by atoms with E-state index in [1.807, 2.05) is 27.7 Å². The lowest BCUT2D eigenvalue weighted by atomic mass is 10.2. The summed E-state index contributed by atoms with van der Waals surface area (Å²) in [5.74, 6) is -0.239. The molecule has 0 bridgehead atoms. The number of esters is 1. The van der Waals surface area contributed by atoms with Crippen LogP contribution in [0.1, 0.15) is 34.6 Å². The summed E-state index contributed by atoms with van der Waals surface area (Å²) in [7, 11) is 0. The standard InChI is InChI=1S/C13H25NO3/c1-10(2)9-16-8-7-14-11(3)12(15)17-13(4,5)6/h11,14H,1,7-9H2,2-6H3. The van der Waals surface area contributed by atoms with E-state index in [0.717, 1.165) is 5.57 Å². The Balaban J connectivity index is 3.68. The van der Waals surface area contributed by atoms with Gasteiger partial charge in [-0.3, -0.25) is 4.79 Å². The topological polar surface area (TPSA) is 47.6 Å². The second kappa shape index (κ2) is 7.45. The first kappa shape index (κ1) is 16.1. The molecule has 17 heavy (non-hydrogen) atoms. The maximum Gasteiger partial charge on any atom is 0.323 e. The molecule has 0 spiro atoms. The Labute approximate surface area is 104 Å². The highest BCUT2D eigenvalue weighted by atomic mass is 16.6. The van der Waals surface area contributed by atoms with Gasteiger partial charge in [0.05, 0.1) is 13.2 Å². The third kappa shape index (κ3) is 10.0. The summed E-state index contributed by atoms with van der Waals surface area (Å²) in [6.45, 7) is 14.7. The molecule has 4 nitrogen and oxygen atoms in total. The van der Waals surface area contributed by atoms with Gasteiger partial charge in [0.1, 0.15) is 11.6 Å². The molecule has 4 heteroatoms. The monoisotopic (exact) mass is 243 g/mol. The van der Waals surface area contributed by atoms with Crippen molar-refractivity contribution in [3.8, 4) is 0 Å². The van der Waals surface area contributed by atoms with Crippen molar-refractivity contribution in [1.82, 2.24) is 5.32 Å². The van der Waals surface area contributed by atoms with E-state index >= 15 is 0 Å². The minimum atomic E-state index is -0.441. The average molecular weight is 243 g/mol. The second-order valence-electron chi connectivity index (χ2n) is 5.22. The van der Waals surface area contributed by atoms with Crippen LogP contribution in [0.4, 0.5) is 0 Å². The van der Waals surface area contributed by atoms with Gasteiger partial charge in [0.2, 0.25) is 0 Å². The highest BCUT2D eigenvalue weighted by Crippen LogP contribution is 2.08. The lowest BCUT2D eigenvalue weighted by molar-refractivity contribution is -0.157. The second-order valence-corrected chi connectivity index (χ2v) is 5.22. The zero-order chi connectivity index (χ0) is 13.5. The molecule has 0 saturated carbocycles. The van der Waals surface area contributed by atoms with E-state index in [0.29, 0.717) is 19.8 Å². The van der Waals surface area contributed by atoms with Crippen molar-refractivity contribution in [1.29, 1.82) is 0 Å². The summed E-state index contributed by atoms with van der Waals surface area (Å²) in [6, 6.07) is -0.317. The minimum Gasteiger partial charge on any atom is -0.459 e. The van der Waals surface area contributed by atoms with E-state index in [1.165, 1.54) is 0 Å². The molecule has 0 aromatic heterocycles. The molecular weight excluding hydrogens is 218 g/mol. The van der Waals surface area contributed by atoms with Gasteiger partial charge >= 0.3 is 5.97 Å². The molecule has 100 valence electrons. The first-order valence-electron chi connectivity index (χ1n) is 5.91. The van der Waals surface area contributed by atoms with Crippen LogP contribution in [0.3, 0.4) is 0 Å². The largest absolute Gasteiger partial charge is 0.459 e. The maximum atomic E-state index is 11.6. The molecule has 0 aromatic carbocycles. The molecule has 0 radical (unpaired) electrons. The fourth-order valence-electron chi connectivity index (χ4n) is 1.07. The molecule has 0 aliphatic rings. The van der Waals surface area contributed by atoms with Crippen molar-refractivity contribution >= 4 is 5.97 Å². The molecule has 1 atom stereocenters. The molecule has 0 heterocycles. The van der Waals surface area contributed by atoms with Gasteiger partial charge in [-0.1, -0.05) is 12.2 Å². The predicted molar refractivity (Wildman–Crippen MR) is 68.9 cm³/mol. The number of nitrogens with one attached hydrogen (secondary N) is 1. The number of hydrogen-bond acceptors (Lipinski definition) is 4. The summed E-state index contributed by atoms with van der Waals surface area (Å²) >= 11 is 0. The third-order valence-corrected chi connectivity index (χ3v) is 1.81. The van der Waals surface area contributed by atoms with Crippen LogP contribution in [0.25, 0.3) is 0 Å². The van der Waals surface area contributed by atoms with Gasteiger partial charge in [0, 0.05) is 6.54 Å². The molecule has 1 unspecified atom stereocenters. The minimum absolute atomic E-state index is 0.239. The van der Waals surface area contributed by atoms with Crippen LogP contribution < -0.4 is 5.32 Å². The van der Waals surface area contributed by atoms with Gasteiger partial charge in [-0.15, -0.1) is 0 Å². The van der Waals surface area contributed by atoms with E-state index in [4.69, 9.17) is 9.47 Å². The van der Waals surface area contributed by atoms with Crippen molar-refractivity contribution in [3.05, 3.63) is 12.2 Å². The zero-order valence-corrected chi connectivity index (χ0v) is 11.6. The summed E-state index contributed by atoms with van der Waals surface area (Å²) in [5, 5.41) is 3.05. The van der Waals surface area contributed by atoms with Crippen LogP contribution in [0.2, 0.25) is 0 Å². The first-order valence-corrected chi connectivity index (χ1v) is 5.91. The van der Waals surface area contributed by atoms with Crippen LogP contribution in [-0.4, -0.2) is 37.4 Å². The van der Waals surface area contributed by atoms with E-state index in [9.17, 15) is 4.79 Å². The van der Waals surface area contributed by atoms with E-state index in [-0.39, 0.29) is 12.0 Å². The Hall–Kier alpha value is -0.870. The Morgan fingerprint density at radius 3 is 2.47 bits per heavy atom. The molecule has 0 fully saturated rings. The lowest BCUT2D eigenvalue weighted by Gasteiger charge is -2.22. The van der Waals surface area contributed by atoms with E-state index in [1.54, 1.807) is 6.92 Å². The van der Waals surface area contributed by atoms with Gasteiger partial charge in [0.25, 0.3) is 0 Å². The molecule has 0 saturated heterocycles. The van der Waals surface area contributed by atoms with Crippen LogP contribution in [-0.2, 0) is 14.3 Å². The van der Waals surface area contributed by atoms with Crippen molar-refractivity contribution in [2.75, 3.05) is 19.8 Å². The molecule has 0 aliphatic carbocycles. The van der Waals surface area contributed by atoms with Gasteiger partial charge in [-0.05, 0) is 34.6 Å². The van der Waals surface area contributed by atoms with E-state index < -0.39 is 5.60 Å². The third-order valence-electron chi connectivity index (χ3n) is 1.81. The molecular formula is C13H25NO3. The highest BCUT2D eigenvalue weighted by molar-refractivity contribution is 5.75. The molecule has 0 amide bonds. The smallest absolute Gasteiger partial charge is 0.323 e. The average Bonchev–Trinajstić information content (AvgIpc) is 2.13. The first-order chi connectivity index (χ1) is 7.72. The van der Waals surface area contributed by atoms with Gasteiger partial charge in [-0.25, -0.2) is 0 Å².